The molecule has 19 heavy (non-hydrogen) atoms. The number of nitrogens with two attached hydrogens (primary N) is 1. The normalized spacial score (nSPS) is 24.2. The van der Waals surface area contributed by atoms with Crippen molar-refractivity contribution in [1.29, 1.82) is 0 Å². The molecule has 1 amide bonds. The first-order valence-electron chi connectivity index (χ1n) is 6.53. The molecule has 1 rings (SSSR count). The van der Waals surface area contributed by atoms with E-state index in [4.69, 9.17) is 5.73 Å². The first-order valence-corrected chi connectivity index (χ1v) is 7.97. The number of methoxy groups -OCH3 is 1. The molecule has 1 aliphatic rings. The molecule has 1 aliphatic carbocycles. The molecule has 8 heteroatoms. The van der Waals surface area contributed by atoms with Crippen molar-refractivity contribution in [3.8, 4) is 0 Å². The van der Waals surface area contributed by atoms with Crippen LogP contribution in [0.25, 0.3) is 0 Å². The third kappa shape index (κ3) is 4.63. The fourth-order valence-electron chi connectivity index (χ4n) is 2.31. The summed E-state index contributed by atoms with van der Waals surface area (Å²) in [6.07, 6.45) is 2.78. The standard InChI is InChI=1S/C11H23N3O4S/c1-3-8-14(10-6-4-9(12)5-7-10)19(16,17)13-11(15)18-2/h9-10H,3-8,12H2,1-2H3,(H,13,15). The van der Waals surface area contributed by atoms with Crippen molar-refractivity contribution in [3.63, 3.8) is 0 Å². The lowest BCUT2D eigenvalue weighted by Gasteiger charge is -2.34. The Balaban J connectivity index is 2.78. The minimum absolute atomic E-state index is 0.0955. The van der Waals surface area contributed by atoms with Gasteiger partial charge in [-0.1, -0.05) is 6.92 Å². The zero-order valence-corrected chi connectivity index (χ0v) is 12.3. The highest BCUT2D eigenvalue weighted by atomic mass is 32.2. The van der Waals surface area contributed by atoms with Gasteiger partial charge in [0.05, 0.1) is 7.11 Å². The highest BCUT2D eigenvalue weighted by Gasteiger charge is 2.33. The second-order valence-electron chi connectivity index (χ2n) is 4.78. The molecule has 0 aliphatic heterocycles. The van der Waals surface area contributed by atoms with Crippen LogP contribution < -0.4 is 10.5 Å². The highest BCUT2D eigenvalue weighted by Crippen LogP contribution is 2.24. The summed E-state index contributed by atoms with van der Waals surface area (Å²) in [5, 5.41) is 0. The minimum atomic E-state index is -3.84. The van der Waals surface area contributed by atoms with Crippen LogP contribution in [0.15, 0.2) is 0 Å². The second kappa shape index (κ2) is 7.06. The Bertz CT molecular complexity index is 391. The van der Waals surface area contributed by atoms with Gasteiger partial charge in [-0.2, -0.15) is 12.7 Å². The Kier molecular flexibility index (Phi) is 6.02. The molecule has 0 aromatic heterocycles. The van der Waals surface area contributed by atoms with Gasteiger partial charge in [-0.25, -0.2) is 9.52 Å². The molecule has 112 valence electrons. The van der Waals surface area contributed by atoms with Gasteiger partial charge in [0.25, 0.3) is 0 Å². The quantitative estimate of drug-likeness (QED) is 0.771. The highest BCUT2D eigenvalue weighted by molar-refractivity contribution is 7.87. The maximum atomic E-state index is 12.2. The summed E-state index contributed by atoms with van der Waals surface area (Å²) in [4.78, 5) is 11.1. The van der Waals surface area contributed by atoms with Crippen molar-refractivity contribution < 1.29 is 17.9 Å². The molecule has 0 atom stereocenters. The Hall–Kier alpha value is -0.860. The Morgan fingerprint density at radius 1 is 1.37 bits per heavy atom. The zero-order chi connectivity index (χ0) is 14.5. The van der Waals surface area contributed by atoms with E-state index >= 15 is 0 Å². The fraction of sp³-hybridized carbons (Fsp3) is 0.909. The van der Waals surface area contributed by atoms with E-state index in [1.165, 1.54) is 4.31 Å². The zero-order valence-electron chi connectivity index (χ0n) is 11.5. The second-order valence-corrected chi connectivity index (χ2v) is 6.40. The predicted octanol–water partition coefficient (Wildman–Crippen LogP) is 0.569. The molecule has 1 saturated carbocycles. The number of rotatable bonds is 5. The molecule has 0 heterocycles. The van der Waals surface area contributed by atoms with Gasteiger partial charge in [-0.05, 0) is 32.1 Å². The molecule has 0 radical (unpaired) electrons. The summed E-state index contributed by atoms with van der Waals surface area (Å²) in [6, 6.07) is 0.0536. The van der Waals surface area contributed by atoms with Crippen molar-refractivity contribution in [2.45, 2.75) is 51.1 Å². The number of hydrogen-bond donors (Lipinski definition) is 2. The van der Waals surface area contributed by atoms with Gasteiger partial charge in [0.15, 0.2) is 0 Å². The van der Waals surface area contributed by atoms with Crippen molar-refractivity contribution in [3.05, 3.63) is 0 Å². The Morgan fingerprint density at radius 3 is 2.42 bits per heavy atom. The van der Waals surface area contributed by atoms with Gasteiger partial charge in [0, 0.05) is 18.6 Å². The first-order chi connectivity index (χ1) is 8.90. The molecule has 7 nitrogen and oxygen atoms in total. The van der Waals surface area contributed by atoms with Gasteiger partial charge in [0.2, 0.25) is 0 Å². The van der Waals surface area contributed by atoms with Crippen LogP contribution in [0.2, 0.25) is 0 Å². The van der Waals surface area contributed by atoms with Crippen LogP contribution in [0.3, 0.4) is 0 Å². The minimum Gasteiger partial charge on any atom is -0.452 e. The molecular weight excluding hydrogens is 270 g/mol. The Labute approximate surface area is 114 Å². The van der Waals surface area contributed by atoms with Crippen molar-refractivity contribution in [2.75, 3.05) is 13.7 Å². The molecule has 0 bridgehead atoms. The largest absolute Gasteiger partial charge is 0.452 e. The van der Waals surface area contributed by atoms with Crippen molar-refractivity contribution in [2.24, 2.45) is 5.73 Å². The predicted molar refractivity (Wildman–Crippen MR) is 71.7 cm³/mol. The van der Waals surface area contributed by atoms with E-state index in [0.717, 1.165) is 32.8 Å². The van der Waals surface area contributed by atoms with E-state index in [9.17, 15) is 13.2 Å². The summed E-state index contributed by atoms with van der Waals surface area (Å²) in [5.41, 5.74) is 5.82. The summed E-state index contributed by atoms with van der Waals surface area (Å²) in [5.74, 6) is 0. The number of amides is 1. The molecule has 0 aromatic carbocycles. The molecule has 3 N–H and O–H groups in total. The number of carbonyl (C=O) groups is 1. The van der Waals surface area contributed by atoms with E-state index in [1.807, 2.05) is 11.6 Å². The number of nitrogens with one attached hydrogen (secondary N) is 1. The first kappa shape index (κ1) is 16.2. The number of carbonyl (C=O) groups excluding carboxylic acids is 1. The SMILES string of the molecule is CCCN(C1CCC(N)CC1)S(=O)(=O)NC(=O)OC. The lowest BCUT2D eigenvalue weighted by molar-refractivity contribution is 0.175. The molecule has 1 fully saturated rings. The van der Waals surface area contributed by atoms with Crippen LogP contribution in [-0.2, 0) is 14.9 Å². The lowest BCUT2D eigenvalue weighted by atomic mass is 9.92. The molecule has 0 unspecified atom stereocenters. The van der Waals surface area contributed by atoms with Crippen LogP contribution in [0.1, 0.15) is 39.0 Å². The summed E-state index contributed by atoms with van der Waals surface area (Å²) < 4.78 is 31.9. The van der Waals surface area contributed by atoms with E-state index in [0.29, 0.717) is 13.0 Å². The molecule has 0 aromatic rings. The smallest absolute Gasteiger partial charge is 0.421 e. The van der Waals surface area contributed by atoms with Gasteiger partial charge in [0.1, 0.15) is 0 Å². The summed E-state index contributed by atoms with van der Waals surface area (Å²) in [6.45, 7) is 2.28. The number of ether oxygens (including phenoxy) is 1. The van der Waals surface area contributed by atoms with Crippen molar-refractivity contribution >= 4 is 16.3 Å². The van der Waals surface area contributed by atoms with Crippen LogP contribution in [-0.4, -0.2) is 44.6 Å². The van der Waals surface area contributed by atoms with E-state index in [2.05, 4.69) is 4.74 Å². The Morgan fingerprint density at radius 2 is 1.95 bits per heavy atom. The van der Waals surface area contributed by atoms with Gasteiger partial charge in [-0.3, -0.25) is 0 Å². The summed E-state index contributed by atoms with van der Waals surface area (Å²) in [7, 11) is -2.71. The lowest BCUT2D eigenvalue weighted by Crippen LogP contribution is -2.50. The van der Waals surface area contributed by atoms with Gasteiger partial charge >= 0.3 is 16.3 Å². The summed E-state index contributed by atoms with van der Waals surface area (Å²) >= 11 is 0. The van der Waals surface area contributed by atoms with Crippen LogP contribution in [0.4, 0.5) is 4.79 Å². The number of hydrogen-bond acceptors (Lipinski definition) is 5. The molecule has 0 spiro atoms. The average molecular weight is 293 g/mol. The van der Waals surface area contributed by atoms with Gasteiger partial charge in [-0.15, -0.1) is 0 Å². The average Bonchev–Trinajstić information content (AvgIpc) is 2.36. The molecule has 0 saturated heterocycles. The van der Waals surface area contributed by atoms with E-state index in [1.54, 1.807) is 0 Å². The molecular formula is C11H23N3O4S. The van der Waals surface area contributed by atoms with E-state index < -0.39 is 16.3 Å². The van der Waals surface area contributed by atoms with Crippen LogP contribution in [0, 0.1) is 0 Å². The number of nitrogens with zero attached hydrogens (tertiary/aromatic N) is 1. The monoisotopic (exact) mass is 293 g/mol. The van der Waals surface area contributed by atoms with Crippen molar-refractivity contribution in [1.82, 2.24) is 9.03 Å². The fourth-order valence-corrected chi connectivity index (χ4v) is 3.75. The van der Waals surface area contributed by atoms with Gasteiger partial charge < -0.3 is 10.5 Å². The topological polar surface area (TPSA) is 102 Å². The maximum Gasteiger partial charge on any atom is 0.421 e. The third-order valence-electron chi connectivity index (χ3n) is 3.30. The van der Waals surface area contributed by atoms with Crippen LogP contribution >= 0.6 is 0 Å². The van der Waals surface area contributed by atoms with E-state index in [-0.39, 0.29) is 12.1 Å². The van der Waals surface area contributed by atoms with Crippen LogP contribution in [0.5, 0.6) is 0 Å². The third-order valence-corrected chi connectivity index (χ3v) is 4.82. The maximum absolute atomic E-state index is 12.2.